The van der Waals surface area contributed by atoms with Crippen molar-refractivity contribution in [1.82, 2.24) is 0 Å². The molecule has 1 N–H and O–H groups in total. The number of carboxylic acid groups (broad SMARTS) is 1. The molecule has 1 aromatic carbocycles. The van der Waals surface area contributed by atoms with Crippen LogP contribution < -0.4 is 10.2 Å². The van der Waals surface area contributed by atoms with E-state index in [2.05, 4.69) is 0 Å². The molecule has 0 spiro atoms. The van der Waals surface area contributed by atoms with Crippen LogP contribution in [0.2, 0.25) is 0 Å². The molecule has 0 aliphatic heterocycles. The molecule has 0 saturated heterocycles. The first-order chi connectivity index (χ1) is 9.40. The summed E-state index contributed by atoms with van der Waals surface area (Å²) in [4.78, 5) is 34.4. The van der Waals surface area contributed by atoms with E-state index in [0.717, 1.165) is 6.07 Å². The zero-order valence-electron chi connectivity index (χ0n) is 10.9. The van der Waals surface area contributed by atoms with Gasteiger partial charge >= 0.3 is 11.9 Å². The number of hydrogen-bond donors (Lipinski definition) is 1. The van der Waals surface area contributed by atoms with E-state index >= 15 is 0 Å². The molecule has 0 aliphatic rings. The molecule has 1 heterocycles. The van der Waals surface area contributed by atoms with Crippen LogP contribution in [0.3, 0.4) is 0 Å². The summed E-state index contributed by atoms with van der Waals surface area (Å²) in [5.74, 6) is -2.58. The molecule has 20 heavy (non-hydrogen) atoms. The molecule has 2 rings (SSSR count). The third-order valence-electron chi connectivity index (χ3n) is 2.61. The molecule has 0 bridgehead atoms. The van der Waals surface area contributed by atoms with Crippen LogP contribution in [0.1, 0.15) is 24.4 Å². The summed E-state index contributed by atoms with van der Waals surface area (Å²) in [6.07, 6.45) is 0. The Morgan fingerprint density at radius 1 is 1.30 bits per heavy atom. The van der Waals surface area contributed by atoms with Gasteiger partial charge in [0.1, 0.15) is 16.7 Å². The number of aromatic carboxylic acids is 1. The van der Waals surface area contributed by atoms with Gasteiger partial charge in [0.05, 0.1) is 5.92 Å². The molecule has 0 unspecified atom stereocenters. The number of esters is 1. The van der Waals surface area contributed by atoms with Crippen molar-refractivity contribution in [2.75, 3.05) is 0 Å². The fraction of sp³-hybridized carbons (Fsp3) is 0.214. The molecule has 104 valence electrons. The summed E-state index contributed by atoms with van der Waals surface area (Å²) in [6, 6.07) is 5.27. The van der Waals surface area contributed by atoms with Gasteiger partial charge in [-0.1, -0.05) is 19.9 Å². The van der Waals surface area contributed by atoms with E-state index in [1.807, 2.05) is 0 Å². The van der Waals surface area contributed by atoms with E-state index in [-0.39, 0.29) is 22.6 Å². The molecule has 0 atom stereocenters. The smallest absolute Gasteiger partial charge is 0.371 e. The largest absolute Gasteiger partial charge is 0.475 e. The molecule has 2 aromatic rings. The van der Waals surface area contributed by atoms with Crippen molar-refractivity contribution in [3.63, 3.8) is 0 Å². The van der Waals surface area contributed by atoms with E-state index in [1.165, 1.54) is 18.2 Å². The Morgan fingerprint density at radius 2 is 2.00 bits per heavy atom. The molecule has 0 aliphatic carbocycles. The van der Waals surface area contributed by atoms with Crippen molar-refractivity contribution in [1.29, 1.82) is 0 Å². The number of fused-ring (bicyclic) bond motifs is 1. The quantitative estimate of drug-likeness (QED) is 0.681. The van der Waals surface area contributed by atoms with Gasteiger partial charge in [0.2, 0.25) is 5.76 Å². The van der Waals surface area contributed by atoms with Gasteiger partial charge in [0.25, 0.3) is 0 Å². The number of carbonyl (C=O) groups is 2. The summed E-state index contributed by atoms with van der Waals surface area (Å²) in [7, 11) is 0. The fourth-order valence-corrected chi connectivity index (χ4v) is 1.59. The van der Waals surface area contributed by atoms with Gasteiger partial charge < -0.3 is 14.3 Å². The Balaban J connectivity index is 2.61. The Kier molecular flexibility index (Phi) is 3.56. The van der Waals surface area contributed by atoms with E-state index < -0.39 is 23.1 Å². The Hall–Kier alpha value is -2.63. The van der Waals surface area contributed by atoms with Crippen LogP contribution in [0.15, 0.2) is 33.5 Å². The van der Waals surface area contributed by atoms with Crippen molar-refractivity contribution in [3.05, 3.63) is 40.2 Å². The maximum absolute atomic E-state index is 12.0. The molecular formula is C14H12O6. The summed E-state index contributed by atoms with van der Waals surface area (Å²) < 4.78 is 10.2. The van der Waals surface area contributed by atoms with E-state index in [0.29, 0.717) is 0 Å². The number of benzene rings is 1. The SMILES string of the molecule is CC(C)C(=O)Oc1cccc2oc(C(=O)O)cc(=O)c12. The zero-order chi connectivity index (χ0) is 14.9. The van der Waals surface area contributed by atoms with Crippen LogP contribution in [0.25, 0.3) is 11.0 Å². The third kappa shape index (κ3) is 2.54. The lowest BCUT2D eigenvalue weighted by molar-refractivity contribution is -0.137. The Bertz CT molecular complexity index is 741. The van der Waals surface area contributed by atoms with Gasteiger partial charge in [-0.25, -0.2) is 4.79 Å². The average Bonchev–Trinajstić information content (AvgIpc) is 2.38. The minimum Gasteiger partial charge on any atom is -0.475 e. The van der Waals surface area contributed by atoms with Crippen LogP contribution in [0.5, 0.6) is 5.75 Å². The molecule has 0 fully saturated rings. The van der Waals surface area contributed by atoms with E-state index in [4.69, 9.17) is 14.3 Å². The lowest BCUT2D eigenvalue weighted by atomic mass is 10.2. The topological polar surface area (TPSA) is 93.8 Å². The Labute approximate surface area is 113 Å². The number of carbonyl (C=O) groups excluding carboxylic acids is 1. The van der Waals surface area contributed by atoms with E-state index in [1.54, 1.807) is 13.8 Å². The fourth-order valence-electron chi connectivity index (χ4n) is 1.59. The molecule has 6 heteroatoms. The summed E-state index contributed by atoms with van der Waals surface area (Å²) in [5, 5.41) is 8.89. The third-order valence-corrected chi connectivity index (χ3v) is 2.61. The van der Waals surface area contributed by atoms with Gasteiger partial charge in [0.15, 0.2) is 5.43 Å². The first-order valence-corrected chi connectivity index (χ1v) is 5.92. The van der Waals surface area contributed by atoms with Crippen LogP contribution in [-0.4, -0.2) is 17.0 Å². The molecular weight excluding hydrogens is 264 g/mol. The van der Waals surface area contributed by atoms with Crippen molar-refractivity contribution >= 4 is 22.9 Å². The van der Waals surface area contributed by atoms with Crippen molar-refractivity contribution in [2.45, 2.75) is 13.8 Å². The molecule has 1 aromatic heterocycles. The molecule has 0 radical (unpaired) electrons. The highest BCUT2D eigenvalue weighted by Gasteiger charge is 2.17. The summed E-state index contributed by atoms with van der Waals surface area (Å²) in [5.41, 5.74) is -0.514. The maximum Gasteiger partial charge on any atom is 0.371 e. The minimum absolute atomic E-state index is 0.0477. The molecule has 6 nitrogen and oxygen atoms in total. The highest BCUT2D eigenvalue weighted by Crippen LogP contribution is 2.24. The average molecular weight is 276 g/mol. The van der Waals surface area contributed by atoms with E-state index in [9.17, 15) is 14.4 Å². The number of carboxylic acids is 1. The van der Waals surface area contributed by atoms with Gasteiger partial charge in [-0.15, -0.1) is 0 Å². The van der Waals surface area contributed by atoms with Gasteiger partial charge in [-0.05, 0) is 12.1 Å². The van der Waals surface area contributed by atoms with Crippen LogP contribution >= 0.6 is 0 Å². The van der Waals surface area contributed by atoms with Gasteiger partial charge in [-0.3, -0.25) is 9.59 Å². The minimum atomic E-state index is -1.34. The predicted molar refractivity (Wildman–Crippen MR) is 69.9 cm³/mol. The molecule has 0 amide bonds. The highest BCUT2D eigenvalue weighted by molar-refractivity contribution is 5.90. The summed E-state index contributed by atoms with van der Waals surface area (Å²) >= 11 is 0. The number of ether oxygens (including phenoxy) is 1. The summed E-state index contributed by atoms with van der Waals surface area (Å²) in [6.45, 7) is 3.33. The van der Waals surface area contributed by atoms with Crippen LogP contribution in [-0.2, 0) is 4.79 Å². The second-order valence-corrected chi connectivity index (χ2v) is 4.49. The van der Waals surface area contributed by atoms with Crippen LogP contribution in [0.4, 0.5) is 0 Å². The second kappa shape index (κ2) is 5.16. The first-order valence-electron chi connectivity index (χ1n) is 5.92. The maximum atomic E-state index is 12.0. The van der Waals surface area contributed by atoms with Gasteiger partial charge in [0, 0.05) is 6.07 Å². The second-order valence-electron chi connectivity index (χ2n) is 4.49. The Morgan fingerprint density at radius 3 is 2.60 bits per heavy atom. The molecule has 0 saturated carbocycles. The zero-order valence-corrected chi connectivity index (χ0v) is 10.9. The van der Waals surface area contributed by atoms with Gasteiger partial charge in [-0.2, -0.15) is 0 Å². The van der Waals surface area contributed by atoms with Crippen LogP contribution in [0, 0.1) is 5.92 Å². The van der Waals surface area contributed by atoms with Crippen molar-refractivity contribution in [2.24, 2.45) is 5.92 Å². The highest BCUT2D eigenvalue weighted by atomic mass is 16.5. The lowest BCUT2D eigenvalue weighted by Crippen LogP contribution is -2.16. The van der Waals surface area contributed by atoms with Crippen molar-refractivity contribution < 1.29 is 23.8 Å². The standard InChI is InChI=1S/C14H12O6/c1-7(2)14(18)20-10-5-3-4-9-12(10)8(15)6-11(19-9)13(16)17/h3-7H,1-2H3,(H,16,17). The monoisotopic (exact) mass is 276 g/mol. The normalized spacial score (nSPS) is 10.8. The lowest BCUT2D eigenvalue weighted by Gasteiger charge is -2.08. The first kappa shape index (κ1) is 13.8. The van der Waals surface area contributed by atoms with Crippen molar-refractivity contribution in [3.8, 4) is 5.75 Å². The number of hydrogen-bond acceptors (Lipinski definition) is 5. The predicted octanol–water partition coefficient (Wildman–Crippen LogP) is 2.05. The number of rotatable bonds is 3.